The zero-order chi connectivity index (χ0) is 27.0. The number of aliphatic hydroxyl groups excluding tert-OH is 2. The van der Waals surface area contributed by atoms with E-state index in [4.69, 9.17) is 18.9 Å². The topological polar surface area (TPSA) is 115 Å². The number of esters is 1. The van der Waals surface area contributed by atoms with Crippen LogP contribution in [-0.2, 0) is 23.7 Å². The molecule has 4 aliphatic carbocycles. The van der Waals surface area contributed by atoms with E-state index in [0.29, 0.717) is 18.4 Å². The summed E-state index contributed by atoms with van der Waals surface area (Å²) in [4.78, 5) is 11.8. The number of carbonyl (C=O) groups excluding carboxylic acids is 1. The molecule has 8 heteroatoms. The zero-order valence-corrected chi connectivity index (χ0v) is 23.3. The predicted octanol–water partition coefficient (Wildman–Crippen LogP) is 3.11. The van der Waals surface area contributed by atoms with Crippen molar-refractivity contribution in [3.8, 4) is 0 Å². The quantitative estimate of drug-likeness (QED) is 0.372. The highest BCUT2D eigenvalue weighted by Gasteiger charge is 2.67. The van der Waals surface area contributed by atoms with Gasteiger partial charge in [0.1, 0.15) is 24.9 Å². The van der Waals surface area contributed by atoms with E-state index in [1.165, 1.54) is 7.11 Å². The molecule has 214 valence electrons. The maximum Gasteiger partial charge on any atom is 0.331 e. The maximum absolute atomic E-state index is 12.4. The minimum Gasteiger partial charge on any atom is -0.458 e. The van der Waals surface area contributed by atoms with E-state index in [1.54, 1.807) is 13.0 Å². The second kappa shape index (κ2) is 9.52. The molecule has 13 atom stereocenters. The molecule has 5 fully saturated rings. The van der Waals surface area contributed by atoms with Gasteiger partial charge < -0.3 is 34.3 Å². The van der Waals surface area contributed by atoms with Gasteiger partial charge in [0, 0.05) is 18.6 Å². The van der Waals surface area contributed by atoms with Crippen molar-refractivity contribution >= 4 is 5.97 Å². The molecule has 8 nitrogen and oxygen atoms in total. The molecule has 0 spiro atoms. The van der Waals surface area contributed by atoms with Crippen LogP contribution < -0.4 is 0 Å². The minimum atomic E-state index is -1.04. The summed E-state index contributed by atoms with van der Waals surface area (Å²) in [6, 6.07) is 0. The van der Waals surface area contributed by atoms with E-state index in [0.717, 1.165) is 63.4 Å². The van der Waals surface area contributed by atoms with Crippen LogP contribution in [0.25, 0.3) is 0 Å². The molecule has 0 unspecified atom stereocenters. The van der Waals surface area contributed by atoms with Gasteiger partial charge in [0.2, 0.25) is 0 Å². The molecule has 3 N–H and O–H groups in total. The van der Waals surface area contributed by atoms with Gasteiger partial charge in [-0.2, -0.15) is 0 Å². The monoisotopic (exact) mass is 534 g/mol. The van der Waals surface area contributed by atoms with Crippen molar-refractivity contribution in [2.45, 2.75) is 121 Å². The van der Waals surface area contributed by atoms with E-state index in [-0.39, 0.29) is 34.7 Å². The molecule has 0 aromatic carbocycles. The summed E-state index contributed by atoms with van der Waals surface area (Å²) in [5.41, 5.74) is 0.300. The van der Waals surface area contributed by atoms with Crippen molar-refractivity contribution in [1.29, 1.82) is 0 Å². The average molecular weight is 535 g/mol. The van der Waals surface area contributed by atoms with Crippen LogP contribution in [0.15, 0.2) is 11.6 Å². The molecule has 0 amide bonds. The Kier molecular flexibility index (Phi) is 6.80. The van der Waals surface area contributed by atoms with Crippen molar-refractivity contribution in [3.63, 3.8) is 0 Å². The number of hydrogen-bond donors (Lipinski definition) is 3. The van der Waals surface area contributed by atoms with Crippen LogP contribution in [0.2, 0.25) is 0 Å². The van der Waals surface area contributed by atoms with Gasteiger partial charge in [-0.1, -0.05) is 13.8 Å². The third-order valence-electron chi connectivity index (χ3n) is 12.3. The smallest absolute Gasteiger partial charge is 0.331 e. The highest BCUT2D eigenvalue weighted by molar-refractivity contribution is 5.85. The lowest BCUT2D eigenvalue weighted by atomic mass is 9.43. The summed E-state index contributed by atoms with van der Waals surface area (Å²) in [5, 5.41) is 33.5. The van der Waals surface area contributed by atoms with Gasteiger partial charge in [-0.15, -0.1) is 0 Å². The molecule has 0 aromatic rings. The zero-order valence-electron chi connectivity index (χ0n) is 23.3. The van der Waals surface area contributed by atoms with Gasteiger partial charge in [-0.25, -0.2) is 4.79 Å². The second-order valence-corrected chi connectivity index (χ2v) is 13.7. The fraction of sp³-hybridized carbons (Fsp3) is 0.900. The fourth-order valence-electron chi connectivity index (χ4n) is 10.1. The van der Waals surface area contributed by atoms with Crippen molar-refractivity contribution in [1.82, 2.24) is 0 Å². The number of hydrogen-bond acceptors (Lipinski definition) is 8. The normalized spacial score (nSPS) is 54.5. The molecular weight excluding hydrogens is 488 g/mol. The molecule has 1 saturated heterocycles. The predicted molar refractivity (Wildman–Crippen MR) is 138 cm³/mol. The Bertz CT molecular complexity index is 968. The lowest BCUT2D eigenvalue weighted by molar-refractivity contribution is -0.313. The molecule has 0 aromatic heterocycles. The van der Waals surface area contributed by atoms with Crippen molar-refractivity contribution in [2.75, 3.05) is 13.7 Å². The molecule has 2 aliphatic heterocycles. The van der Waals surface area contributed by atoms with Crippen LogP contribution >= 0.6 is 0 Å². The summed E-state index contributed by atoms with van der Waals surface area (Å²) in [5.74, 6) is 1.22. The molecule has 6 aliphatic rings. The number of cyclic esters (lactones) is 1. The second-order valence-electron chi connectivity index (χ2n) is 13.7. The first-order valence-corrected chi connectivity index (χ1v) is 14.8. The number of methoxy groups -OCH3 is 1. The number of fused-ring (bicyclic) bond motifs is 5. The lowest BCUT2D eigenvalue weighted by Gasteiger charge is -2.64. The number of carbonyl (C=O) groups is 1. The third-order valence-corrected chi connectivity index (χ3v) is 12.3. The highest BCUT2D eigenvalue weighted by atomic mass is 16.7. The van der Waals surface area contributed by atoms with Crippen LogP contribution in [0.4, 0.5) is 0 Å². The SMILES string of the molecule is CO[C@@H]1[C@@H](O)[C@H](C)O[C@@H](O[C@H]2CC[C@@]3(C)[C@H](CC[C@@H]4[C@@H]3CC[C@]3(C)[C@H](C5=CC(=O)OC5)CC[C@]43O)C2)[C@@H]1O. The van der Waals surface area contributed by atoms with E-state index >= 15 is 0 Å². The summed E-state index contributed by atoms with van der Waals surface area (Å²) in [6.45, 7) is 6.87. The summed E-state index contributed by atoms with van der Waals surface area (Å²) < 4.78 is 22.8. The maximum atomic E-state index is 12.4. The minimum absolute atomic E-state index is 0.0103. The number of rotatable bonds is 4. The van der Waals surface area contributed by atoms with E-state index in [2.05, 4.69) is 13.8 Å². The largest absolute Gasteiger partial charge is 0.458 e. The van der Waals surface area contributed by atoms with Gasteiger partial charge in [0.15, 0.2) is 6.29 Å². The van der Waals surface area contributed by atoms with E-state index < -0.39 is 36.3 Å². The van der Waals surface area contributed by atoms with Crippen molar-refractivity contribution in [3.05, 3.63) is 11.6 Å². The van der Waals surface area contributed by atoms with E-state index in [9.17, 15) is 20.1 Å². The Morgan fingerprint density at radius 2 is 1.79 bits per heavy atom. The summed E-state index contributed by atoms with van der Waals surface area (Å²) >= 11 is 0. The standard InChI is InChI=1S/C30H46O8/c1-16-24(32)26(35-4)25(33)27(37-16)38-19-7-10-28(2)18(14-19)5-6-22-21(28)8-11-29(3)20(9-12-30(22,29)34)17-13-23(31)36-15-17/h13,16,18-22,24-27,32-34H,5-12,14-15H2,1-4H3/t16-,18+,19-,20-,21-,22+,24-,25+,26+,27-,28-,29+,30-/m0/s1. The Labute approximate surface area is 226 Å². The lowest BCUT2D eigenvalue weighted by Crippen LogP contribution is -2.62. The molecule has 2 heterocycles. The van der Waals surface area contributed by atoms with Crippen LogP contribution in [0.1, 0.15) is 78.6 Å². The number of ether oxygens (including phenoxy) is 4. The Morgan fingerprint density at radius 3 is 2.50 bits per heavy atom. The van der Waals surface area contributed by atoms with Gasteiger partial charge >= 0.3 is 5.97 Å². The third kappa shape index (κ3) is 3.88. The fourth-order valence-corrected chi connectivity index (χ4v) is 10.1. The van der Waals surface area contributed by atoms with Crippen molar-refractivity contribution < 1.29 is 39.1 Å². The summed E-state index contributed by atoms with van der Waals surface area (Å²) in [7, 11) is 1.49. The Hall–Kier alpha value is -1.03. The molecule has 6 rings (SSSR count). The van der Waals surface area contributed by atoms with Crippen LogP contribution in [0.5, 0.6) is 0 Å². The molecule has 0 bridgehead atoms. The van der Waals surface area contributed by atoms with Crippen LogP contribution in [0, 0.1) is 34.5 Å². The van der Waals surface area contributed by atoms with Crippen LogP contribution in [-0.4, -0.2) is 77.4 Å². The molecule has 38 heavy (non-hydrogen) atoms. The summed E-state index contributed by atoms with van der Waals surface area (Å²) in [6.07, 6.45) is 6.45. The molecule has 0 radical (unpaired) electrons. The molecule has 4 saturated carbocycles. The van der Waals surface area contributed by atoms with Crippen molar-refractivity contribution in [2.24, 2.45) is 34.5 Å². The first-order valence-electron chi connectivity index (χ1n) is 14.8. The van der Waals surface area contributed by atoms with E-state index in [1.807, 2.05) is 0 Å². The van der Waals surface area contributed by atoms with Gasteiger partial charge in [-0.05, 0) is 99.4 Å². The Morgan fingerprint density at radius 1 is 1.00 bits per heavy atom. The van der Waals surface area contributed by atoms with Crippen LogP contribution in [0.3, 0.4) is 0 Å². The van der Waals surface area contributed by atoms with Gasteiger partial charge in [0.25, 0.3) is 0 Å². The first kappa shape index (κ1) is 27.2. The average Bonchev–Trinajstić information content (AvgIpc) is 3.43. The first-order chi connectivity index (χ1) is 18.0. The number of aliphatic hydroxyl groups is 3. The highest BCUT2D eigenvalue weighted by Crippen LogP contribution is 2.70. The van der Waals surface area contributed by atoms with Gasteiger partial charge in [-0.3, -0.25) is 0 Å². The van der Waals surface area contributed by atoms with Gasteiger partial charge in [0.05, 0.1) is 17.8 Å². The Balaban J connectivity index is 1.16. The molecular formula is C30H46O8.